The zero-order chi connectivity index (χ0) is 16.1. The van der Waals surface area contributed by atoms with Gasteiger partial charge in [0.25, 0.3) is 5.91 Å². The van der Waals surface area contributed by atoms with Crippen molar-refractivity contribution in [3.63, 3.8) is 0 Å². The fourth-order valence-electron chi connectivity index (χ4n) is 2.47. The van der Waals surface area contributed by atoms with E-state index in [-0.39, 0.29) is 12.5 Å². The molecular weight excluding hydrogens is 278 g/mol. The highest BCUT2D eigenvalue weighted by Crippen LogP contribution is 2.16. The van der Waals surface area contributed by atoms with Gasteiger partial charge in [0.2, 0.25) is 0 Å². The van der Waals surface area contributed by atoms with Crippen molar-refractivity contribution in [3.05, 3.63) is 53.3 Å². The number of carbonyl (C=O) groups is 1. The van der Waals surface area contributed by atoms with Crippen LogP contribution in [0.3, 0.4) is 0 Å². The Morgan fingerprint density at radius 3 is 2.55 bits per heavy atom. The molecule has 1 amide bonds. The van der Waals surface area contributed by atoms with Gasteiger partial charge in [-0.15, -0.1) is 0 Å². The third kappa shape index (κ3) is 3.74. The molecule has 0 aliphatic carbocycles. The average Bonchev–Trinajstić information content (AvgIpc) is 2.89. The maximum absolute atomic E-state index is 12.7. The summed E-state index contributed by atoms with van der Waals surface area (Å²) in [5.74, 6) is 0.153. The van der Waals surface area contributed by atoms with E-state index in [1.807, 2.05) is 43.4 Å². The van der Waals surface area contributed by atoms with Gasteiger partial charge in [0.1, 0.15) is 0 Å². The summed E-state index contributed by atoms with van der Waals surface area (Å²) in [6.45, 7) is 4.83. The molecule has 0 aliphatic rings. The van der Waals surface area contributed by atoms with Crippen LogP contribution in [0.25, 0.3) is 0 Å². The van der Waals surface area contributed by atoms with E-state index in [9.17, 15) is 9.90 Å². The van der Waals surface area contributed by atoms with E-state index in [1.54, 1.807) is 9.58 Å². The molecule has 1 N–H and O–H groups in total. The van der Waals surface area contributed by atoms with Gasteiger partial charge in [0.15, 0.2) is 5.69 Å². The first kappa shape index (κ1) is 16.2. The molecule has 0 saturated heterocycles. The second-order valence-corrected chi connectivity index (χ2v) is 5.67. The van der Waals surface area contributed by atoms with Crippen molar-refractivity contribution < 1.29 is 9.90 Å². The molecule has 1 aromatic carbocycles. The average molecular weight is 301 g/mol. The molecule has 0 radical (unpaired) electrons. The van der Waals surface area contributed by atoms with Crippen LogP contribution in [0.1, 0.15) is 41.5 Å². The van der Waals surface area contributed by atoms with Crippen LogP contribution in [0.2, 0.25) is 0 Å². The van der Waals surface area contributed by atoms with Gasteiger partial charge in [0, 0.05) is 25.8 Å². The number of aryl methyl sites for hydroxylation is 1. The monoisotopic (exact) mass is 301 g/mol. The van der Waals surface area contributed by atoms with Crippen LogP contribution in [-0.4, -0.2) is 38.8 Å². The number of hydrogen-bond donors (Lipinski definition) is 1. The van der Waals surface area contributed by atoms with E-state index in [0.717, 1.165) is 11.3 Å². The number of nitrogens with zero attached hydrogens (tertiary/aromatic N) is 3. The summed E-state index contributed by atoms with van der Waals surface area (Å²) in [5, 5.41) is 13.6. The van der Waals surface area contributed by atoms with E-state index in [1.165, 1.54) is 0 Å². The van der Waals surface area contributed by atoms with E-state index < -0.39 is 0 Å². The van der Waals surface area contributed by atoms with E-state index in [0.29, 0.717) is 24.7 Å². The van der Waals surface area contributed by atoms with Gasteiger partial charge in [-0.2, -0.15) is 5.10 Å². The molecule has 22 heavy (non-hydrogen) atoms. The van der Waals surface area contributed by atoms with E-state index >= 15 is 0 Å². The third-order valence-electron chi connectivity index (χ3n) is 3.60. The van der Waals surface area contributed by atoms with Gasteiger partial charge in [-0.25, -0.2) is 0 Å². The third-order valence-corrected chi connectivity index (χ3v) is 3.60. The number of rotatable bonds is 6. The first-order chi connectivity index (χ1) is 10.5. The molecule has 0 bridgehead atoms. The van der Waals surface area contributed by atoms with Gasteiger partial charge < -0.3 is 10.0 Å². The Morgan fingerprint density at radius 2 is 2.00 bits per heavy atom. The second kappa shape index (κ2) is 7.22. The highest BCUT2D eigenvalue weighted by molar-refractivity contribution is 5.92. The Hall–Kier alpha value is -2.14. The van der Waals surface area contributed by atoms with Crippen LogP contribution >= 0.6 is 0 Å². The van der Waals surface area contributed by atoms with Crippen LogP contribution in [0, 0.1) is 0 Å². The minimum Gasteiger partial charge on any atom is -0.395 e. The molecule has 118 valence electrons. The summed E-state index contributed by atoms with van der Waals surface area (Å²) in [6, 6.07) is 11.6. The first-order valence-corrected chi connectivity index (χ1v) is 7.51. The maximum atomic E-state index is 12.7. The summed E-state index contributed by atoms with van der Waals surface area (Å²) in [7, 11) is 1.85. The van der Waals surface area contributed by atoms with Crippen molar-refractivity contribution in [2.24, 2.45) is 7.05 Å². The lowest BCUT2D eigenvalue weighted by molar-refractivity contribution is 0.0701. The molecule has 2 rings (SSSR count). The predicted molar refractivity (Wildman–Crippen MR) is 85.6 cm³/mol. The van der Waals surface area contributed by atoms with Gasteiger partial charge in [0.05, 0.1) is 6.61 Å². The molecule has 0 saturated carbocycles. The quantitative estimate of drug-likeness (QED) is 0.889. The van der Waals surface area contributed by atoms with Crippen molar-refractivity contribution in [1.82, 2.24) is 14.7 Å². The SMILES string of the molecule is CC(C)c1cc(C(=O)N(CCO)Cc2ccccc2)nn1C. The number of amides is 1. The highest BCUT2D eigenvalue weighted by Gasteiger charge is 2.20. The highest BCUT2D eigenvalue weighted by atomic mass is 16.3. The van der Waals surface area contributed by atoms with Gasteiger partial charge in [-0.3, -0.25) is 9.48 Å². The smallest absolute Gasteiger partial charge is 0.274 e. The molecule has 1 heterocycles. The molecule has 1 aromatic heterocycles. The fourth-order valence-corrected chi connectivity index (χ4v) is 2.47. The lowest BCUT2D eigenvalue weighted by Gasteiger charge is -2.20. The van der Waals surface area contributed by atoms with E-state index in [4.69, 9.17) is 0 Å². The van der Waals surface area contributed by atoms with Crippen molar-refractivity contribution in [2.45, 2.75) is 26.3 Å². The second-order valence-electron chi connectivity index (χ2n) is 5.67. The number of aliphatic hydroxyl groups excluding tert-OH is 1. The summed E-state index contributed by atoms with van der Waals surface area (Å²) < 4.78 is 1.75. The Kier molecular flexibility index (Phi) is 5.33. The summed E-state index contributed by atoms with van der Waals surface area (Å²) >= 11 is 0. The number of benzene rings is 1. The molecule has 0 spiro atoms. The molecule has 2 aromatic rings. The van der Waals surface area contributed by atoms with Crippen molar-refractivity contribution >= 4 is 5.91 Å². The van der Waals surface area contributed by atoms with Crippen LogP contribution in [0.15, 0.2) is 36.4 Å². The zero-order valence-electron chi connectivity index (χ0n) is 13.4. The minimum absolute atomic E-state index is 0.0670. The Bertz CT molecular complexity index is 620. The molecule has 0 fully saturated rings. The number of aromatic nitrogens is 2. The van der Waals surface area contributed by atoms with Crippen LogP contribution < -0.4 is 0 Å². The zero-order valence-corrected chi connectivity index (χ0v) is 13.4. The number of hydrogen-bond acceptors (Lipinski definition) is 3. The minimum atomic E-state index is -0.152. The molecule has 0 unspecified atom stereocenters. The lowest BCUT2D eigenvalue weighted by atomic mass is 10.1. The normalized spacial score (nSPS) is 11.0. The standard InChI is InChI=1S/C17H23N3O2/c1-13(2)16-11-15(18-19(16)3)17(22)20(9-10-21)12-14-7-5-4-6-8-14/h4-8,11,13,21H,9-10,12H2,1-3H3. The molecule has 0 aliphatic heterocycles. The maximum Gasteiger partial charge on any atom is 0.274 e. The lowest BCUT2D eigenvalue weighted by Crippen LogP contribution is -2.33. The summed E-state index contributed by atoms with van der Waals surface area (Å²) in [4.78, 5) is 14.3. The Labute approximate surface area is 131 Å². The Morgan fingerprint density at radius 1 is 1.32 bits per heavy atom. The van der Waals surface area contributed by atoms with Gasteiger partial charge in [-0.1, -0.05) is 44.2 Å². The number of aliphatic hydroxyl groups is 1. The first-order valence-electron chi connectivity index (χ1n) is 7.51. The van der Waals surface area contributed by atoms with Crippen LogP contribution in [0.5, 0.6) is 0 Å². The van der Waals surface area contributed by atoms with Crippen molar-refractivity contribution in [3.8, 4) is 0 Å². The van der Waals surface area contributed by atoms with Crippen LogP contribution in [-0.2, 0) is 13.6 Å². The molecule has 5 heteroatoms. The molecular formula is C17H23N3O2. The van der Waals surface area contributed by atoms with E-state index in [2.05, 4.69) is 18.9 Å². The molecule has 5 nitrogen and oxygen atoms in total. The van der Waals surface area contributed by atoms with Crippen molar-refractivity contribution in [1.29, 1.82) is 0 Å². The fraction of sp³-hybridized carbons (Fsp3) is 0.412. The topological polar surface area (TPSA) is 58.4 Å². The summed E-state index contributed by atoms with van der Waals surface area (Å²) in [6.07, 6.45) is 0. The van der Waals surface area contributed by atoms with Crippen molar-refractivity contribution in [2.75, 3.05) is 13.2 Å². The number of carbonyl (C=O) groups excluding carboxylic acids is 1. The Balaban J connectivity index is 2.21. The van der Waals surface area contributed by atoms with Gasteiger partial charge in [-0.05, 0) is 17.5 Å². The molecule has 0 atom stereocenters. The largest absolute Gasteiger partial charge is 0.395 e. The van der Waals surface area contributed by atoms with Crippen LogP contribution in [0.4, 0.5) is 0 Å². The predicted octanol–water partition coefficient (Wildman–Crippen LogP) is 2.18. The summed E-state index contributed by atoms with van der Waals surface area (Å²) in [5.41, 5.74) is 2.48. The van der Waals surface area contributed by atoms with Gasteiger partial charge >= 0.3 is 0 Å².